The van der Waals surface area contributed by atoms with Crippen molar-refractivity contribution in [2.24, 2.45) is 17.6 Å². The molecule has 106 valence electrons. The van der Waals surface area contributed by atoms with Crippen LogP contribution >= 0.6 is 0 Å². The summed E-state index contributed by atoms with van der Waals surface area (Å²) in [5, 5.41) is 0. The second-order valence-corrected chi connectivity index (χ2v) is 6.21. The fourth-order valence-corrected chi connectivity index (χ4v) is 3.26. The first-order chi connectivity index (χ1) is 9.09. The number of rotatable bonds is 4. The van der Waals surface area contributed by atoms with Crippen LogP contribution in [0.3, 0.4) is 0 Å². The van der Waals surface area contributed by atoms with Crippen LogP contribution in [0.4, 0.5) is 0 Å². The summed E-state index contributed by atoms with van der Waals surface area (Å²) < 4.78 is 0. The molecule has 1 aliphatic rings. The zero-order valence-corrected chi connectivity index (χ0v) is 12.4. The molecule has 0 saturated carbocycles. The van der Waals surface area contributed by atoms with Gasteiger partial charge in [0.1, 0.15) is 0 Å². The fourth-order valence-electron chi connectivity index (χ4n) is 3.26. The Kier molecular flexibility index (Phi) is 4.94. The van der Waals surface area contributed by atoms with Crippen LogP contribution in [0, 0.1) is 11.8 Å². The van der Waals surface area contributed by atoms with Gasteiger partial charge in [0.2, 0.25) is 0 Å². The summed E-state index contributed by atoms with van der Waals surface area (Å²) in [6.45, 7) is 9.09. The van der Waals surface area contributed by atoms with Crippen LogP contribution in [-0.2, 0) is 0 Å². The Morgan fingerprint density at radius 2 is 1.95 bits per heavy atom. The quantitative estimate of drug-likeness (QED) is 0.906. The van der Waals surface area contributed by atoms with Gasteiger partial charge in [-0.05, 0) is 56.3 Å². The Morgan fingerprint density at radius 3 is 2.42 bits per heavy atom. The first-order valence-corrected chi connectivity index (χ1v) is 7.49. The highest BCUT2D eigenvalue weighted by Gasteiger charge is 2.29. The molecule has 1 aliphatic heterocycles. The Bertz CT molecular complexity index is 367. The molecular formula is C16H27N3. The standard InChI is InChI=1S/C16H27N3/c1-12(2)14-6-9-19(10-7-14)16(13(3)17)15-5-4-8-18-11-15/h4-5,8,11-14,16H,6-7,9-10,17H2,1-3H3. The summed E-state index contributed by atoms with van der Waals surface area (Å²) in [7, 11) is 0. The molecule has 2 N–H and O–H groups in total. The van der Waals surface area contributed by atoms with Gasteiger partial charge in [-0.2, -0.15) is 0 Å². The number of likely N-dealkylation sites (tertiary alicyclic amines) is 1. The van der Waals surface area contributed by atoms with E-state index in [0.29, 0.717) is 6.04 Å². The number of pyridine rings is 1. The molecule has 0 amide bonds. The first kappa shape index (κ1) is 14.5. The van der Waals surface area contributed by atoms with Crippen molar-refractivity contribution in [1.82, 2.24) is 9.88 Å². The average Bonchev–Trinajstić information content (AvgIpc) is 2.40. The smallest absolute Gasteiger partial charge is 0.0511 e. The lowest BCUT2D eigenvalue weighted by molar-refractivity contribution is 0.103. The summed E-state index contributed by atoms with van der Waals surface area (Å²) in [6.07, 6.45) is 6.37. The molecule has 1 aromatic heterocycles. The maximum Gasteiger partial charge on any atom is 0.0511 e. The topological polar surface area (TPSA) is 42.2 Å². The van der Waals surface area contributed by atoms with Crippen LogP contribution in [0.15, 0.2) is 24.5 Å². The molecular weight excluding hydrogens is 234 g/mol. The predicted molar refractivity (Wildman–Crippen MR) is 79.8 cm³/mol. The fraction of sp³-hybridized carbons (Fsp3) is 0.688. The van der Waals surface area contributed by atoms with E-state index in [4.69, 9.17) is 5.73 Å². The summed E-state index contributed by atoms with van der Waals surface area (Å²) in [4.78, 5) is 6.79. The van der Waals surface area contributed by atoms with Crippen molar-refractivity contribution in [3.8, 4) is 0 Å². The van der Waals surface area contributed by atoms with E-state index in [9.17, 15) is 0 Å². The minimum atomic E-state index is 0.139. The van der Waals surface area contributed by atoms with Gasteiger partial charge in [0, 0.05) is 18.4 Å². The molecule has 2 atom stereocenters. The average molecular weight is 261 g/mol. The zero-order valence-electron chi connectivity index (χ0n) is 12.4. The van der Waals surface area contributed by atoms with Crippen molar-refractivity contribution in [3.63, 3.8) is 0 Å². The molecule has 1 saturated heterocycles. The summed E-state index contributed by atoms with van der Waals surface area (Å²) >= 11 is 0. The third kappa shape index (κ3) is 3.54. The van der Waals surface area contributed by atoms with Gasteiger partial charge in [-0.15, -0.1) is 0 Å². The lowest BCUT2D eigenvalue weighted by atomic mass is 9.85. The number of hydrogen-bond acceptors (Lipinski definition) is 3. The maximum absolute atomic E-state index is 6.22. The molecule has 2 heterocycles. The maximum atomic E-state index is 6.22. The molecule has 1 fully saturated rings. The van der Waals surface area contributed by atoms with Crippen LogP contribution in [0.2, 0.25) is 0 Å². The lowest BCUT2D eigenvalue weighted by Crippen LogP contribution is -2.44. The number of nitrogens with zero attached hydrogens (tertiary/aromatic N) is 2. The monoisotopic (exact) mass is 261 g/mol. The van der Waals surface area contributed by atoms with Crippen LogP contribution in [0.1, 0.15) is 45.2 Å². The van der Waals surface area contributed by atoms with Gasteiger partial charge in [-0.3, -0.25) is 9.88 Å². The second-order valence-electron chi connectivity index (χ2n) is 6.21. The third-order valence-electron chi connectivity index (χ3n) is 4.43. The van der Waals surface area contributed by atoms with Gasteiger partial charge in [0.15, 0.2) is 0 Å². The summed E-state index contributed by atoms with van der Waals surface area (Å²) in [6, 6.07) is 4.60. The molecule has 0 radical (unpaired) electrons. The molecule has 19 heavy (non-hydrogen) atoms. The van der Waals surface area contributed by atoms with Crippen LogP contribution in [0.5, 0.6) is 0 Å². The molecule has 0 spiro atoms. The molecule has 0 aromatic carbocycles. The van der Waals surface area contributed by atoms with Gasteiger partial charge in [0.25, 0.3) is 0 Å². The lowest BCUT2D eigenvalue weighted by Gasteiger charge is -2.40. The Hall–Kier alpha value is -0.930. The summed E-state index contributed by atoms with van der Waals surface area (Å²) in [5.41, 5.74) is 7.47. The SMILES string of the molecule is CC(C)C1CCN(C(c2cccnc2)C(C)N)CC1. The minimum absolute atomic E-state index is 0.139. The van der Waals surface area contributed by atoms with Crippen molar-refractivity contribution in [2.75, 3.05) is 13.1 Å². The first-order valence-electron chi connectivity index (χ1n) is 7.49. The largest absolute Gasteiger partial charge is 0.326 e. The van der Waals surface area contributed by atoms with Crippen LogP contribution < -0.4 is 5.73 Å². The molecule has 2 unspecified atom stereocenters. The number of piperidine rings is 1. The minimum Gasteiger partial charge on any atom is -0.326 e. The van der Waals surface area contributed by atoms with Crippen molar-refractivity contribution < 1.29 is 0 Å². The number of aromatic nitrogens is 1. The van der Waals surface area contributed by atoms with E-state index in [1.165, 1.54) is 18.4 Å². The van der Waals surface area contributed by atoms with E-state index in [2.05, 4.69) is 36.7 Å². The normalized spacial score (nSPS) is 21.5. The highest BCUT2D eigenvalue weighted by atomic mass is 15.2. The van der Waals surface area contributed by atoms with Gasteiger partial charge < -0.3 is 5.73 Å². The van der Waals surface area contributed by atoms with E-state index >= 15 is 0 Å². The highest BCUT2D eigenvalue weighted by molar-refractivity contribution is 5.16. The van der Waals surface area contributed by atoms with E-state index in [-0.39, 0.29) is 6.04 Å². The van der Waals surface area contributed by atoms with Gasteiger partial charge in [0.05, 0.1) is 6.04 Å². The predicted octanol–water partition coefficient (Wildman–Crippen LogP) is 2.84. The molecule has 3 nitrogen and oxygen atoms in total. The molecule has 0 bridgehead atoms. The zero-order chi connectivity index (χ0) is 13.8. The Balaban J connectivity index is 2.06. The van der Waals surface area contributed by atoms with Gasteiger partial charge in [-0.1, -0.05) is 19.9 Å². The molecule has 1 aromatic rings. The van der Waals surface area contributed by atoms with Gasteiger partial charge >= 0.3 is 0 Å². The van der Waals surface area contributed by atoms with Crippen LogP contribution in [0.25, 0.3) is 0 Å². The molecule has 0 aliphatic carbocycles. The van der Waals surface area contributed by atoms with Crippen molar-refractivity contribution in [2.45, 2.75) is 45.7 Å². The third-order valence-corrected chi connectivity index (χ3v) is 4.43. The van der Waals surface area contributed by atoms with E-state index in [0.717, 1.165) is 24.9 Å². The van der Waals surface area contributed by atoms with E-state index < -0.39 is 0 Å². The van der Waals surface area contributed by atoms with E-state index in [1.807, 2.05) is 18.5 Å². The van der Waals surface area contributed by atoms with Crippen LogP contribution in [-0.4, -0.2) is 29.0 Å². The highest BCUT2D eigenvalue weighted by Crippen LogP contribution is 2.31. The number of hydrogen-bond donors (Lipinski definition) is 1. The number of nitrogens with two attached hydrogens (primary N) is 1. The molecule has 3 heteroatoms. The second kappa shape index (κ2) is 6.49. The summed E-state index contributed by atoms with van der Waals surface area (Å²) in [5.74, 6) is 1.67. The Labute approximate surface area is 117 Å². The van der Waals surface area contributed by atoms with Crippen molar-refractivity contribution in [1.29, 1.82) is 0 Å². The van der Waals surface area contributed by atoms with Gasteiger partial charge in [-0.25, -0.2) is 0 Å². The van der Waals surface area contributed by atoms with Crippen molar-refractivity contribution in [3.05, 3.63) is 30.1 Å². The molecule has 2 rings (SSSR count). The van der Waals surface area contributed by atoms with Crippen molar-refractivity contribution >= 4 is 0 Å². The van der Waals surface area contributed by atoms with E-state index in [1.54, 1.807) is 0 Å². The Morgan fingerprint density at radius 1 is 1.26 bits per heavy atom.